The van der Waals surface area contributed by atoms with Gasteiger partial charge in [-0.15, -0.1) is 158 Å². The topological polar surface area (TPSA) is 154 Å². The van der Waals surface area contributed by atoms with E-state index in [1.165, 1.54) is 0 Å². The van der Waals surface area contributed by atoms with Crippen molar-refractivity contribution in [1.82, 2.24) is 0 Å². The minimum absolute atomic E-state index is 0.664. The van der Waals surface area contributed by atoms with Crippen molar-refractivity contribution < 1.29 is 73.1 Å². The zero-order valence-corrected chi connectivity index (χ0v) is 26.3. The van der Waals surface area contributed by atoms with E-state index < -0.39 is 10.1 Å². The van der Waals surface area contributed by atoms with Crippen LogP contribution in [0.25, 0.3) is 0 Å². The number of hydrogen-bond acceptors (Lipinski definition) is 15. The zero-order chi connectivity index (χ0) is 37.7. The van der Waals surface area contributed by atoms with Gasteiger partial charge in [0.25, 0.3) is 10.1 Å². The second-order valence-corrected chi connectivity index (χ2v) is 3.23. The van der Waals surface area contributed by atoms with E-state index in [1.54, 1.807) is 0 Å². The van der Waals surface area contributed by atoms with Crippen LogP contribution in [0.5, 0.6) is 0 Å². The third-order valence-corrected chi connectivity index (χ3v) is 0.800. The first-order valence-corrected chi connectivity index (χ1v) is 11.1. The van der Waals surface area contributed by atoms with Crippen LogP contribution in [0.15, 0.2) is 158 Å². The van der Waals surface area contributed by atoms with E-state index in [1.807, 2.05) is 0 Å². The molecule has 0 aromatic heterocycles. The van der Waals surface area contributed by atoms with Crippen LogP contribution in [0.2, 0.25) is 0 Å². The van der Waals surface area contributed by atoms with Gasteiger partial charge in [-0.25, -0.2) is 4.89 Å². The fraction of sp³-hybridized carbons (Fsp3) is 0.0769. The van der Waals surface area contributed by atoms with Gasteiger partial charge in [0.05, 0.1) is 13.4 Å². The van der Waals surface area contributed by atoms with Gasteiger partial charge in [-0.1, -0.05) is 4.33 Å². The van der Waals surface area contributed by atoms with Gasteiger partial charge >= 0.3 is 0 Å². The highest BCUT2D eigenvalue weighted by atomic mass is 32.2. The Hall–Kier alpha value is -3.69. The number of rotatable bonds is 13. The molecule has 0 atom stereocenters. The van der Waals surface area contributed by atoms with Crippen LogP contribution in [-0.2, 0) is 74.8 Å². The largest absolute Gasteiger partial charge is 0.293 e. The van der Waals surface area contributed by atoms with Crippen LogP contribution in [0, 0.1) is 0 Å². The molecule has 0 N–H and O–H groups in total. The maximum atomic E-state index is 10.3. The van der Waals surface area contributed by atoms with Gasteiger partial charge in [0.1, 0.15) is 0 Å². The van der Waals surface area contributed by atoms with Crippen LogP contribution in [0.3, 0.4) is 0 Å². The lowest BCUT2D eigenvalue weighted by Crippen LogP contribution is -2.06. The Bertz CT molecular complexity index is 402. The molecule has 0 unspecified atom stereocenters. The van der Waals surface area contributed by atoms with Crippen molar-refractivity contribution >= 4 is 10.1 Å². The lowest BCUT2D eigenvalue weighted by Gasteiger charge is -1.98. The molecule has 254 valence electrons. The summed E-state index contributed by atoms with van der Waals surface area (Å²) in [5, 5.41) is 38.6. The molecule has 0 aromatic rings. The fourth-order valence-electron chi connectivity index (χ4n) is 0.192. The predicted molar refractivity (Wildman–Crippen MR) is 170 cm³/mol. The Labute approximate surface area is 254 Å². The van der Waals surface area contributed by atoms with Crippen molar-refractivity contribution in [2.75, 3.05) is 13.4 Å². The van der Waals surface area contributed by atoms with E-state index in [9.17, 15) is 8.42 Å². The third kappa shape index (κ3) is 354. The molecule has 0 heterocycles. The molecule has 0 aliphatic heterocycles. The van der Waals surface area contributed by atoms with Crippen LogP contribution in [0.4, 0.5) is 0 Å². The van der Waals surface area contributed by atoms with E-state index in [0.29, 0.717) is 6.26 Å². The Balaban J connectivity index is -0.0000000266. The third-order valence-electron chi connectivity index (χ3n) is 0.497. The summed E-state index contributed by atoms with van der Waals surface area (Å²) in [6, 6.07) is 0. The van der Waals surface area contributed by atoms with Crippen molar-refractivity contribution in [1.29, 1.82) is 0 Å². The molecule has 0 rings (SSSR count). The van der Waals surface area contributed by atoms with Gasteiger partial charge in [0, 0.05) is 0 Å². The highest BCUT2D eigenvalue weighted by Gasteiger charge is 2.04. The monoisotopic (exact) mass is 638 g/mol. The van der Waals surface area contributed by atoms with Crippen molar-refractivity contribution in [2.24, 2.45) is 0 Å². The zero-order valence-electron chi connectivity index (χ0n) is 25.5. The van der Waals surface area contributed by atoms with E-state index in [4.69, 9.17) is 0 Å². The first-order valence-electron chi connectivity index (χ1n) is 9.32. The first-order chi connectivity index (χ1) is 20.6. The summed E-state index contributed by atoms with van der Waals surface area (Å²) in [5.41, 5.74) is 0. The molecule has 0 saturated carbocycles. The van der Waals surface area contributed by atoms with Crippen molar-refractivity contribution in [3.8, 4) is 0 Å². The summed E-state index contributed by atoms with van der Waals surface area (Å²) in [5.74, 6) is 0. The van der Waals surface area contributed by atoms with E-state index in [-0.39, 0.29) is 0 Å². The SMILES string of the molecule is C=C.C=C.C=C.C=C.C=C.C=C.C=C.C=C.C=C.C=C.C=C.C=C.COOOOOOOOOOOOOS(C)(=O)=O. The molecule has 0 spiro atoms. The maximum Gasteiger partial charge on any atom is 0.293 e. The highest BCUT2D eigenvalue weighted by molar-refractivity contribution is 7.85. The lowest BCUT2D eigenvalue weighted by molar-refractivity contribution is -0.867. The van der Waals surface area contributed by atoms with Gasteiger partial charge < -0.3 is 0 Å². The quantitative estimate of drug-likeness (QED) is 0.0819. The van der Waals surface area contributed by atoms with Crippen LogP contribution >= 0.6 is 0 Å². The Morgan fingerprint density at radius 1 is 0.310 bits per heavy atom. The average Bonchev–Trinajstić information content (AvgIpc) is 3.12. The highest BCUT2D eigenvalue weighted by Crippen LogP contribution is 1.93. The molecule has 0 radical (unpaired) electrons. The molecule has 0 bridgehead atoms. The lowest BCUT2D eigenvalue weighted by atomic mass is 11.3. The summed E-state index contributed by atoms with van der Waals surface area (Å²) in [4.78, 5) is 3.86. The van der Waals surface area contributed by atoms with Gasteiger partial charge in [0.15, 0.2) is 0 Å². The smallest absolute Gasteiger partial charge is 0.207 e. The van der Waals surface area contributed by atoms with Crippen molar-refractivity contribution in [3.05, 3.63) is 158 Å². The normalized spacial score (nSPS) is 6.24. The number of hydrogen-bond donors (Lipinski definition) is 0. The Kier molecular flexibility index (Phi) is 416. The standard InChI is InChI=1S/C2H6O15S.12C2H4/c1-5-6-7-8-9-10-11-12-13-14-15-16-17-18(2,3)4;12*1-2/h1-2H3;12*1-2H2. The summed E-state index contributed by atoms with van der Waals surface area (Å²) in [6.45, 7) is 72.0. The van der Waals surface area contributed by atoms with Gasteiger partial charge in [-0.2, -0.15) is 8.42 Å². The summed E-state index contributed by atoms with van der Waals surface area (Å²) >= 11 is 0. The fourth-order valence-corrected chi connectivity index (χ4v) is 0.315. The second kappa shape index (κ2) is 210. The van der Waals surface area contributed by atoms with Gasteiger partial charge in [0.2, 0.25) is 0 Å². The minimum Gasteiger partial charge on any atom is -0.207 e. The molecular weight excluding hydrogens is 584 g/mol. The Morgan fingerprint density at radius 2 is 0.452 bits per heavy atom. The van der Waals surface area contributed by atoms with E-state index in [2.05, 4.69) is 223 Å². The molecule has 0 aliphatic carbocycles. The van der Waals surface area contributed by atoms with Crippen LogP contribution in [-0.4, -0.2) is 21.8 Å². The maximum absolute atomic E-state index is 10.3. The molecule has 42 heavy (non-hydrogen) atoms. The van der Waals surface area contributed by atoms with Crippen molar-refractivity contribution in [2.45, 2.75) is 0 Å². The molecule has 15 nitrogen and oxygen atoms in total. The predicted octanol–water partition coefficient (Wildman–Crippen LogP) is 8.40. The first kappa shape index (κ1) is 83.2. The van der Waals surface area contributed by atoms with Crippen LogP contribution in [0.1, 0.15) is 0 Å². The Morgan fingerprint density at radius 3 is 0.595 bits per heavy atom. The summed E-state index contributed by atoms with van der Waals surface area (Å²) < 4.78 is 24.0. The molecular formula is C26H54O15S. The molecule has 0 fully saturated rings. The van der Waals surface area contributed by atoms with Gasteiger partial charge in [-0.05, 0) is 55.4 Å². The minimum atomic E-state index is -3.89. The molecule has 16 heteroatoms. The second-order valence-electron chi connectivity index (χ2n) is 1.69. The summed E-state index contributed by atoms with van der Waals surface area (Å²) in [7, 11) is -2.79. The average molecular weight is 639 g/mol. The van der Waals surface area contributed by atoms with E-state index in [0.717, 1.165) is 7.11 Å². The molecule has 0 aromatic carbocycles. The molecule has 0 amide bonds. The van der Waals surface area contributed by atoms with Crippen molar-refractivity contribution in [3.63, 3.8) is 0 Å². The molecule has 0 saturated heterocycles. The summed E-state index contributed by atoms with van der Waals surface area (Å²) in [6.07, 6.45) is 0.664. The van der Waals surface area contributed by atoms with Crippen LogP contribution < -0.4 is 0 Å². The van der Waals surface area contributed by atoms with E-state index >= 15 is 0 Å². The van der Waals surface area contributed by atoms with Gasteiger partial charge in [-0.3, -0.25) is 0 Å². The molecule has 0 aliphatic rings.